The Bertz CT molecular complexity index is 418. The van der Waals surface area contributed by atoms with Crippen LogP contribution in [0.3, 0.4) is 0 Å². The van der Waals surface area contributed by atoms with Crippen molar-refractivity contribution in [3.05, 3.63) is 0 Å². The molecule has 1 heterocycles. The highest BCUT2D eigenvalue weighted by molar-refractivity contribution is 5.79. The van der Waals surface area contributed by atoms with Crippen LogP contribution in [0.4, 0.5) is 0 Å². The molecule has 1 aliphatic rings. The molecule has 1 saturated heterocycles. The van der Waals surface area contributed by atoms with Gasteiger partial charge < -0.3 is 25.0 Å². The van der Waals surface area contributed by atoms with E-state index in [1.807, 2.05) is 4.90 Å². The molecule has 0 aliphatic carbocycles. The summed E-state index contributed by atoms with van der Waals surface area (Å²) in [7, 11) is 0. The van der Waals surface area contributed by atoms with Crippen LogP contribution >= 0.6 is 0 Å². The van der Waals surface area contributed by atoms with Crippen LogP contribution in [0.15, 0.2) is 4.99 Å². The summed E-state index contributed by atoms with van der Waals surface area (Å²) >= 11 is 0. The van der Waals surface area contributed by atoms with Crippen molar-refractivity contribution in [2.75, 3.05) is 52.6 Å². The van der Waals surface area contributed by atoms with Gasteiger partial charge in [-0.05, 0) is 32.6 Å². The highest BCUT2D eigenvalue weighted by atomic mass is 16.5. The van der Waals surface area contributed by atoms with Crippen molar-refractivity contribution in [2.45, 2.75) is 65.3 Å². The molecule has 7 nitrogen and oxygen atoms in total. The molecule has 1 rings (SSSR count). The summed E-state index contributed by atoms with van der Waals surface area (Å²) < 4.78 is 11.0. The monoisotopic (exact) mass is 384 g/mol. The average molecular weight is 385 g/mol. The summed E-state index contributed by atoms with van der Waals surface area (Å²) in [6.07, 6.45) is 5.85. The van der Waals surface area contributed by atoms with Crippen molar-refractivity contribution in [3.8, 4) is 0 Å². The fourth-order valence-electron chi connectivity index (χ4n) is 3.11. The molecule has 1 fully saturated rings. The number of aliphatic imine (C=N–C) groups is 1. The highest BCUT2D eigenvalue weighted by Gasteiger charge is 2.26. The third kappa shape index (κ3) is 10.5. The fraction of sp³-hybridized carbons (Fsp3) is 0.900. The van der Waals surface area contributed by atoms with Gasteiger partial charge in [-0.25, -0.2) is 0 Å². The van der Waals surface area contributed by atoms with E-state index in [-0.39, 0.29) is 0 Å². The second kappa shape index (κ2) is 15.7. The molecule has 0 saturated carbocycles. The zero-order chi connectivity index (χ0) is 19.7. The molecule has 0 bridgehead atoms. The van der Waals surface area contributed by atoms with Crippen LogP contribution in [0, 0.1) is 0 Å². The van der Waals surface area contributed by atoms with E-state index in [0.717, 1.165) is 57.8 Å². The fourth-order valence-corrected chi connectivity index (χ4v) is 3.11. The maximum absolute atomic E-state index is 11.9. The van der Waals surface area contributed by atoms with Crippen molar-refractivity contribution in [2.24, 2.45) is 4.99 Å². The summed E-state index contributed by atoms with van der Waals surface area (Å²) in [6, 6.07) is 0.308. The number of guanidine groups is 1. The molecule has 0 aromatic carbocycles. The van der Waals surface area contributed by atoms with Crippen LogP contribution in [0.1, 0.15) is 59.3 Å². The van der Waals surface area contributed by atoms with Crippen molar-refractivity contribution < 1.29 is 14.3 Å². The summed E-state index contributed by atoms with van der Waals surface area (Å²) in [5.74, 6) is 1.11. The van der Waals surface area contributed by atoms with E-state index >= 15 is 0 Å². The lowest BCUT2D eigenvalue weighted by molar-refractivity contribution is -0.129. The van der Waals surface area contributed by atoms with Gasteiger partial charge >= 0.3 is 0 Å². The number of amides is 1. The number of carbonyl (C=O) groups excluding carboxylic acids is 1. The Hall–Kier alpha value is -1.34. The van der Waals surface area contributed by atoms with Gasteiger partial charge in [-0.3, -0.25) is 9.79 Å². The Labute approximate surface area is 165 Å². The number of nitrogens with zero attached hydrogens (tertiary/aromatic N) is 2. The second-order valence-corrected chi connectivity index (χ2v) is 6.81. The molecule has 7 heteroatoms. The molecule has 1 unspecified atom stereocenters. The van der Waals surface area contributed by atoms with E-state index in [9.17, 15) is 4.79 Å². The molecule has 1 atom stereocenters. The van der Waals surface area contributed by atoms with E-state index in [4.69, 9.17) is 9.47 Å². The van der Waals surface area contributed by atoms with Gasteiger partial charge in [-0.1, -0.05) is 20.3 Å². The molecule has 1 amide bonds. The molecule has 1 aliphatic heterocycles. The summed E-state index contributed by atoms with van der Waals surface area (Å²) in [5, 5.41) is 6.55. The Morgan fingerprint density at radius 3 is 2.56 bits per heavy atom. The van der Waals surface area contributed by atoms with Crippen molar-refractivity contribution in [1.82, 2.24) is 15.5 Å². The molecule has 0 aromatic rings. The zero-order valence-electron chi connectivity index (χ0n) is 17.6. The molecular weight excluding hydrogens is 344 g/mol. The maximum atomic E-state index is 11.9. The van der Waals surface area contributed by atoms with Gasteiger partial charge in [0.05, 0.1) is 19.8 Å². The van der Waals surface area contributed by atoms with E-state index in [0.29, 0.717) is 51.3 Å². The number of carbonyl (C=O) groups is 1. The smallest absolute Gasteiger partial charge is 0.222 e. The maximum Gasteiger partial charge on any atom is 0.222 e. The molecule has 2 N–H and O–H groups in total. The number of rotatable bonds is 15. The van der Waals surface area contributed by atoms with E-state index in [2.05, 4.69) is 36.4 Å². The molecular formula is C20H40N4O3. The standard InChI is InChI=1S/C20H40N4O3/c1-4-7-14-26-16-17-27-15-12-23-20(21-6-3)22-11-10-18(5-2)24-13-8-9-19(24)25/h18H,4-17H2,1-3H3,(H2,21,22,23). The number of ether oxygens (including phenoxy) is 2. The van der Waals surface area contributed by atoms with Crippen LogP contribution in [0.5, 0.6) is 0 Å². The normalized spacial score (nSPS) is 16.0. The van der Waals surface area contributed by atoms with Gasteiger partial charge in [0.25, 0.3) is 0 Å². The Kier molecular flexibility index (Phi) is 13.8. The number of nitrogens with one attached hydrogen (secondary N) is 2. The first-order chi connectivity index (χ1) is 13.2. The minimum Gasteiger partial charge on any atom is -0.379 e. The van der Waals surface area contributed by atoms with Gasteiger partial charge in [0.2, 0.25) is 5.91 Å². The third-order valence-corrected chi connectivity index (χ3v) is 4.65. The van der Waals surface area contributed by atoms with Crippen molar-refractivity contribution >= 4 is 11.9 Å². The topological polar surface area (TPSA) is 75.2 Å². The van der Waals surface area contributed by atoms with Gasteiger partial charge in [-0.2, -0.15) is 0 Å². The van der Waals surface area contributed by atoms with Crippen LogP contribution in [-0.2, 0) is 14.3 Å². The Morgan fingerprint density at radius 1 is 1.15 bits per heavy atom. The highest BCUT2D eigenvalue weighted by Crippen LogP contribution is 2.17. The Balaban J connectivity index is 2.20. The van der Waals surface area contributed by atoms with Crippen molar-refractivity contribution in [1.29, 1.82) is 0 Å². The quantitative estimate of drug-likeness (QED) is 0.257. The van der Waals surface area contributed by atoms with E-state index < -0.39 is 0 Å². The van der Waals surface area contributed by atoms with Gasteiger partial charge in [0, 0.05) is 45.2 Å². The minimum atomic E-state index is 0.298. The predicted molar refractivity (Wildman–Crippen MR) is 110 cm³/mol. The number of unbranched alkanes of at least 4 members (excludes halogenated alkanes) is 1. The number of hydrogen-bond donors (Lipinski definition) is 2. The Morgan fingerprint density at radius 2 is 1.93 bits per heavy atom. The third-order valence-electron chi connectivity index (χ3n) is 4.65. The first kappa shape index (κ1) is 23.7. The van der Waals surface area contributed by atoms with Crippen molar-refractivity contribution in [3.63, 3.8) is 0 Å². The van der Waals surface area contributed by atoms with E-state index in [1.54, 1.807) is 0 Å². The first-order valence-corrected chi connectivity index (χ1v) is 10.7. The molecule has 0 spiro atoms. The number of hydrogen-bond acceptors (Lipinski definition) is 4. The minimum absolute atomic E-state index is 0.298. The zero-order valence-corrected chi connectivity index (χ0v) is 17.6. The SMILES string of the molecule is CCCCOCCOCCNC(=NCCC(CC)N1CCCC1=O)NCC. The average Bonchev–Trinajstić information content (AvgIpc) is 3.09. The van der Waals surface area contributed by atoms with Gasteiger partial charge in [0.15, 0.2) is 5.96 Å². The predicted octanol–water partition coefficient (Wildman–Crippen LogP) is 2.17. The lowest BCUT2D eigenvalue weighted by Crippen LogP contribution is -2.40. The molecule has 27 heavy (non-hydrogen) atoms. The summed E-state index contributed by atoms with van der Waals surface area (Å²) in [5.41, 5.74) is 0. The van der Waals surface area contributed by atoms with Gasteiger partial charge in [0.1, 0.15) is 0 Å². The van der Waals surface area contributed by atoms with Crippen LogP contribution < -0.4 is 10.6 Å². The first-order valence-electron chi connectivity index (χ1n) is 10.7. The lowest BCUT2D eigenvalue weighted by atomic mass is 10.1. The largest absolute Gasteiger partial charge is 0.379 e. The summed E-state index contributed by atoms with van der Waals surface area (Å²) in [4.78, 5) is 18.6. The lowest BCUT2D eigenvalue weighted by Gasteiger charge is -2.26. The van der Waals surface area contributed by atoms with Crippen LogP contribution in [-0.4, -0.2) is 75.4 Å². The summed E-state index contributed by atoms with van der Waals surface area (Å²) in [6.45, 7) is 12.2. The second-order valence-electron chi connectivity index (χ2n) is 6.81. The molecule has 158 valence electrons. The van der Waals surface area contributed by atoms with Crippen LogP contribution in [0.2, 0.25) is 0 Å². The molecule has 0 aromatic heterocycles. The van der Waals surface area contributed by atoms with Crippen LogP contribution in [0.25, 0.3) is 0 Å². The molecule has 0 radical (unpaired) electrons. The number of likely N-dealkylation sites (tertiary alicyclic amines) is 1. The van der Waals surface area contributed by atoms with Gasteiger partial charge in [-0.15, -0.1) is 0 Å². The van der Waals surface area contributed by atoms with E-state index in [1.165, 1.54) is 0 Å².